The maximum atomic E-state index is 13.2. The fourth-order valence-electron chi connectivity index (χ4n) is 3.48. The van der Waals surface area contributed by atoms with E-state index in [1.54, 1.807) is 0 Å². The lowest BCUT2D eigenvalue weighted by atomic mass is 10.1. The number of rotatable bonds is 6. The number of likely N-dealkylation sites (tertiary alicyclic amines) is 1. The van der Waals surface area contributed by atoms with E-state index in [4.69, 9.17) is 5.73 Å². The molecule has 4 rings (SSSR count). The molecule has 1 aromatic carbocycles. The number of hydrogen-bond acceptors (Lipinski definition) is 7. The van der Waals surface area contributed by atoms with Crippen LogP contribution in [0.25, 0.3) is 0 Å². The highest BCUT2D eigenvalue weighted by atomic mass is 32.1. The molecule has 2 aliphatic rings. The van der Waals surface area contributed by atoms with E-state index in [0.717, 1.165) is 25.3 Å². The maximum Gasteiger partial charge on any atom is 0.273 e. The molecule has 3 N–H and O–H groups in total. The molecule has 2 aromatic rings. The van der Waals surface area contributed by atoms with Crippen molar-refractivity contribution < 1.29 is 14.0 Å². The van der Waals surface area contributed by atoms with Crippen LogP contribution in [0, 0.1) is 5.82 Å². The Hall–Kier alpha value is -2.85. The monoisotopic (exact) mass is 416 g/mol. The SMILES string of the molecule is NC(=O)[C@@H]1CC(C(=O)Nc2nc(CN3CCCC3)cs2)=NN1c1ccc(F)cc1. The quantitative estimate of drug-likeness (QED) is 0.749. The molecule has 0 radical (unpaired) electrons. The van der Waals surface area contributed by atoms with Crippen molar-refractivity contribution in [3.63, 3.8) is 0 Å². The topological polar surface area (TPSA) is 104 Å². The molecule has 8 nitrogen and oxygen atoms in total. The minimum atomic E-state index is -0.803. The second-order valence-corrected chi connectivity index (χ2v) is 7.93. The van der Waals surface area contributed by atoms with E-state index in [2.05, 4.69) is 20.3 Å². The number of thiazole rings is 1. The Morgan fingerprint density at radius 1 is 1.24 bits per heavy atom. The van der Waals surface area contributed by atoms with Crippen LogP contribution in [0.2, 0.25) is 0 Å². The molecule has 0 unspecified atom stereocenters. The predicted octanol–water partition coefficient (Wildman–Crippen LogP) is 1.94. The molecule has 152 valence electrons. The molecule has 0 bridgehead atoms. The summed E-state index contributed by atoms with van der Waals surface area (Å²) in [7, 11) is 0. The highest BCUT2D eigenvalue weighted by Crippen LogP contribution is 2.26. The zero-order chi connectivity index (χ0) is 20.4. The minimum absolute atomic E-state index is 0.0740. The molecule has 2 amide bonds. The van der Waals surface area contributed by atoms with Gasteiger partial charge in [-0.2, -0.15) is 5.10 Å². The number of nitrogens with one attached hydrogen (secondary N) is 1. The molecular weight excluding hydrogens is 395 g/mol. The van der Waals surface area contributed by atoms with E-state index >= 15 is 0 Å². The first-order valence-corrected chi connectivity index (χ1v) is 10.3. The van der Waals surface area contributed by atoms with Crippen molar-refractivity contribution in [2.24, 2.45) is 10.8 Å². The van der Waals surface area contributed by atoms with E-state index in [1.165, 1.54) is 53.5 Å². The summed E-state index contributed by atoms with van der Waals surface area (Å²) in [6.07, 6.45) is 2.49. The van der Waals surface area contributed by atoms with Crippen molar-refractivity contribution in [1.29, 1.82) is 0 Å². The van der Waals surface area contributed by atoms with Crippen molar-refractivity contribution in [3.05, 3.63) is 41.2 Å². The van der Waals surface area contributed by atoms with Crippen LogP contribution in [0.5, 0.6) is 0 Å². The molecule has 3 heterocycles. The smallest absolute Gasteiger partial charge is 0.273 e. The third-order valence-electron chi connectivity index (χ3n) is 4.95. The summed E-state index contributed by atoms with van der Waals surface area (Å²) >= 11 is 1.35. The Morgan fingerprint density at radius 2 is 1.97 bits per heavy atom. The minimum Gasteiger partial charge on any atom is -0.368 e. The van der Waals surface area contributed by atoms with E-state index in [-0.39, 0.29) is 12.1 Å². The van der Waals surface area contributed by atoms with Crippen LogP contribution in [0.1, 0.15) is 25.0 Å². The van der Waals surface area contributed by atoms with Gasteiger partial charge in [0.15, 0.2) is 5.13 Å². The average molecular weight is 416 g/mol. The van der Waals surface area contributed by atoms with Gasteiger partial charge in [0.1, 0.15) is 17.6 Å². The van der Waals surface area contributed by atoms with Crippen LogP contribution in [0.3, 0.4) is 0 Å². The summed E-state index contributed by atoms with van der Waals surface area (Å²) in [5, 5.41) is 10.8. The molecule has 0 spiro atoms. The number of benzene rings is 1. The fraction of sp³-hybridized carbons (Fsp3) is 0.368. The summed E-state index contributed by atoms with van der Waals surface area (Å²) in [5.74, 6) is -1.44. The molecule has 0 saturated carbocycles. The van der Waals surface area contributed by atoms with E-state index in [0.29, 0.717) is 10.8 Å². The van der Waals surface area contributed by atoms with Gasteiger partial charge in [-0.1, -0.05) is 0 Å². The van der Waals surface area contributed by atoms with Gasteiger partial charge in [-0.05, 0) is 50.2 Å². The van der Waals surface area contributed by atoms with E-state index < -0.39 is 23.7 Å². The van der Waals surface area contributed by atoms with Crippen LogP contribution in [-0.4, -0.2) is 46.5 Å². The molecule has 29 heavy (non-hydrogen) atoms. The zero-order valence-corrected chi connectivity index (χ0v) is 16.5. The Bertz CT molecular complexity index is 938. The third kappa shape index (κ3) is 4.43. The number of anilines is 2. The van der Waals surface area contributed by atoms with Crippen LogP contribution in [-0.2, 0) is 16.1 Å². The summed E-state index contributed by atoms with van der Waals surface area (Å²) < 4.78 is 13.2. The van der Waals surface area contributed by atoms with Gasteiger partial charge in [0.05, 0.1) is 11.4 Å². The number of nitrogens with two attached hydrogens (primary N) is 1. The van der Waals surface area contributed by atoms with Gasteiger partial charge in [0, 0.05) is 18.3 Å². The number of primary amides is 1. The lowest BCUT2D eigenvalue weighted by molar-refractivity contribution is -0.119. The number of nitrogens with zero attached hydrogens (tertiary/aromatic N) is 4. The standard InChI is InChI=1S/C19H21FN6O2S/c20-12-3-5-14(6-4-12)26-16(17(21)27)9-15(24-26)18(28)23-19-22-13(11-29-19)10-25-7-1-2-8-25/h3-6,11,16H,1-2,7-10H2,(H2,21,27)(H,22,23,28)/t16-/m0/s1. The lowest BCUT2D eigenvalue weighted by Gasteiger charge is -2.20. The number of carbonyl (C=O) groups excluding carboxylic acids is 2. The molecule has 1 aromatic heterocycles. The summed E-state index contributed by atoms with van der Waals surface area (Å²) in [5.41, 5.74) is 7.06. The van der Waals surface area contributed by atoms with E-state index in [1.807, 2.05) is 5.38 Å². The normalized spacial score (nSPS) is 19.4. The second-order valence-electron chi connectivity index (χ2n) is 7.07. The summed E-state index contributed by atoms with van der Waals surface area (Å²) in [6, 6.07) is 4.70. The molecule has 0 aliphatic carbocycles. The van der Waals surface area contributed by atoms with Gasteiger partial charge in [0.2, 0.25) is 5.91 Å². The Labute approximate surface area is 171 Å². The molecule has 10 heteroatoms. The fourth-order valence-corrected chi connectivity index (χ4v) is 4.17. The summed E-state index contributed by atoms with van der Waals surface area (Å²) in [4.78, 5) is 31.3. The molecule has 1 fully saturated rings. The van der Waals surface area contributed by atoms with Gasteiger partial charge in [-0.3, -0.25) is 24.8 Å². The molecular formula is C19H21FN6O2S. The number of hydrogen-bond donors (Lipinski definition) is 2. The third-order valence-corrected chi connectivity index (χ3v) is 5.76. The second kappa shape index (κ2) is 8.26. The molecule has 1 atom stereocenters. The van der Waals surface area contributed by atoms with Crippen LogP contribution < -0.4 is 16.1 Å². The number of aromatic nitrogens is 1. The largest absolute Gasteiger partial charge is 0.368 e. The Kier molecular flexibility index (Phi) is 5.54. The van der Waals surface area contributed by atoms with Crippen molar-refractivity contribution in [1.82, 2.24) is 9.88 Å². The number of hydrazone groups is 1. The Morgan fingerprint density at radius 3 is 2.66 bits per heavy atom. The molecule has 1 saturated heterocycles. The van der Waals surface area contributed by atoms with Gasteiger partial charge < -0.3 is 5.73 Å². The first-order valence-electron chi connectivity index (χ1n) is 9.39. The average Bonchev–Trinajstić information content (AvgIpc) is 3.43. The lowest BCUT2D eigenvalue weighted by Crippen LogP contribution is -2.39. The van der Waals surface area contributed by atoms with Crippen molar-refractivity contribution in [3.8, 4) is 0 Å². The summed E-state index contributed by atoms with van der Waals surface area (Å²) in [6.45, 7) is 2.92. The van der Waals surface area contributed by atoms with Crippen molar-refractivity contribution in [2.45, 2.75) is 31.8 Å². The van der Waals surface area contributed by atoms with Crippen LogP contribution >= 0.6 is 11.3 Å². The first-order chi connectivity index (χ1) is 14.0. The predicted molar refractivity (Wildman–Crippen MR) is 109 cm³/mol. The van der Waals surface area contributed by atoms with E-state index in [9.17, 15) is 14.0 Å². The van der Waals surface area contributed by atoms with Gasteiger partial charge in [-0.15, -0.1) is 11.3 Å². The Balaban J connectivity index is 1.45. The van der Waals surface area contributed by atoms with Gasteiger partial charge in [0.25, 0.3) is 5.91 Å². The van der Waals surface area contributed by atoms with Gasteiger partial charge >= 0.3 is 0 Å². The number of amides is 2. The number of halogens is 1. The first kappa shape index (κ1) is 19.5. The van der Waals surface area contributed by atoms with Crippen molar-refractivity contribution in [2.75, 3.05) is 23.4 Å². The highest BCUT2D eigenvalue weighted by molar-refractivity contribution is 7.14. The zero-order valence-electron chi connectivity index (χ0n) is 15.7. The maximum absolute atomic E-state index is 13.2. The van der Waals surface area contributed by atoms with Crippen LogP contribution in [0.15, 0.2) is 34.7 Å². The number of carbonyl (C=O) groups is 2. The van der Waals surface area contributed by atoms with Gasteiger partial charge in [-0.25, -0.2) is 9.37 Å². The highest BCUT2D eigenvalue weighted by Gasteiger charge is 2.35. The molecule has 2 aliphatic heterocycles. The van der Waals surface area contributed by atoms with Crippen LogP contribution in [0.4, 0.5) is 15.2 Å². The van der Waals surface area contributed by atoms with Crippen molar-refractivity contribution >= 4 is 39.7 Å².